The molecule has 19 heavy (non-hydrogen) atoms. The highest BCUT2D eigenvalue weighted by atomic mass is 19.1. The van der Waals surface area contributed by atoms with E-state index in [1.165, 1.54) is 12.5 Å². The highest BCUT2D eigenvalue weighted by Crippen LogP contribution is 2.22. The molecule has 0 bridgehead atoms. The molecule has 0 aliphatic heterocycles. The molecule has 2 unspecified atom stereocenters. The molecule has 0 aliphatic rings. The van der Waals surface area contributed by atoms with Gasteiger partial charge in [0.05, 0.1) is 7.11 Å². The Kier molecular flexibility index (Phi) is 6.29. The molecule has 1 N–H and O–H groups in total. The van der Waals surface area contributed by atoms with E-state index < -0.39 is 0 Å². The Balaban J connectivity index is 2.60. The lowest BCUT2D eigenvalue weighted by Gasteiger charge is -2.21. The van der Waals surface area contributed by atoms with Crippen LogP contribution in [-0.2, 0) is 0 Å². The van der Waals surface area contributed by atoms with Crippen molar-refractivity contribution >= 4 is 0 Å². The van der Waals surface area contributed by atoms with Crippen LogP contribution in [-0.4, -0.2) is 13.2 Å². The summed E-state index contributed by atoms with van der Waals surface area (Å²) in [6.07, 6.45) is 2.30. The fourth-order valence-electron chi connectivity index (χ4n) is 2.17. The zero-order valence-corrected chi connectivity index (χ0v) is 12.7. The molecule has 3 heteroatoms. The van der Waals surface area contributed by atoms with Gasteiger partial charge < -0.3 is 10.1 Å². The second-order valence-corrected chi connectivity index (χ2v) is 5.65. The Morgan fingerprint density at radius 2 is 1.84 bits per heavy atom. The Hall–Kier alpha value is -1.09. The normalized spacial score (nSPS) is 14.5. The molecule has 108 valence electrons. The number of hydrogen-bond donors (Lipinski definition) is 1. The highest BCUT2D eigenvalue weighted by molar-refractivity contribution is 5.30. The molecule has 2 atom stereocenters. The van der Waals surface area contributed by atoms with E-state index >= 15 is 0 Å². The molecule has 0 radical (unpaired) electrons. The maximum absolute atomic E-state index is 13.9. The van der Waals surface area contributed by atoms with Crippen molar-refractivity contribution < 1.29 is 9.13 Å². The molecule has 0 saturated carbocycles. The molecule has 0 amide bonds. The quantitative estimate of drug-likeness (QED) is 0.795. The summed E-state index contributed by atoms with van der Waals surface area (Å²) >= 11 is 0. The lowest BCUT2D eigenvalue weighted by atomic mass is 10.0. The van der Waals surface area contributed by atoms with Crippen LogP contribution in [0.4, 0.5) is 4.39 Å². The highest BCUT2D eigenvalue weighted by Gasteiger charge is 2.14. The molecule has 0 saturated heterocycles. The predicted molar refractivity (Wildman–Crippen MR) is 78.0 cm³/mol. The van der Waals surface area contributed by atoms with Crippen molar-refractivity contribution in [2.75, 3.05) is 7.11 Å². The summed E-state index contributed by atoms with van der Waals surface area (Å²) in [6.45, 7) is 8.59. The number of hydrogen-bond acceptors (Lipinski definition) is 2. The van der Waals surface area contributed by atoms with Crippen molar-refractivity contribution in [3.8, 4) is 5.75 Å². The van der Waals surface area contributed by atoms with Crippen LogP contribution in [0.1, 0.15) is 52.1 Å². The van der Waals surface area contributed by atoms with Gasteiger partial charge >= 0.3 is 0 Å². The van der Waals surface area contributed by atoms with Gasteiger partial charge in [-0.3, -0.25) is 0 Å². The molecule has 0 aromatic heterocycles. The molecule has 0 spiro atoms. The summed E-state index contributed by atoms with van der Waals surface area (Å²) in [7, 11) is 1.55. The van der Waals surface area contributed by atoms with Crippen molar-refractivity contribution in [3.63, 3.8) is 0 Å². The standard InChI is InChI=1S/C16H26FNO/c1-11(2)6-7-12(3)18-13(4)15-9-8-14(19-5)10-16(15)17/h8-13,18H,6-7H2,1-5H3. The molecule has 0 heterocycles. The average Bonchev–Trinajstić information content (AvgIpc) is 2.35. The predicted octanol–water partition coefficient (Wildman–Crippen LogP) is 4.31. The van der Waals surface area contributed by atoms with Crippen molar-refractivity contribution in [1.29, 1.82) is 0 Å². The third-order valence-electron chi connectivity index (χ3n) is 3.39. The van der Waals surface area contributed by atoms with E-state index in [0.29, 0.717) is 23.3 Å². The smallest absolute Gasteiger partial charge is 0.131 e. The number of nitrogens with one attached hydrogen (secondary N) is 1. The van der Waals surface area contributed by atoms with E-state index in [0.717, 1.165) is 6.42 Å². The van der Waals surface area contributed by atoms with Crippen molar-refractivity contribution in [3.05, 3.63) is 29.6 Å². The Morgan fingerprint density at radius 3 is 2.37 bits per heavy atom. The van der Waals surface area contributed by atoms with Crippen LogP contribution < -0.4 is 10.1 Å². The number of rotatable bonds is 7. The van der Waals surface area contributed by atoms with Gasteiger partial charge in [0.2, 0.25) is 0 Å². The number of benzene rings is 1. The fraction of sp³-hybridized carbons (Fsp3) is 0.625. The molecular weight excluding hydrogens is 241 g/mol. The first-order valence-corrected chi connectivity index (χ1v) is 7.03. The second-order valence-electron chi connectivity index (χ2n) is 5.65. The van der Waals surface area contributed by atoms with Crippen LogP contribution in [0.15, 0.2) is 18.2 Å². The molecule has 0 aliphatic carbocycles. The summed E-state index contributed by atoms with van der Waals surface area (Å²) in [5.74, 6) is 1.05. The third kappa shape index (κ3) is 5.19. The number of ether oxygens (including phenoxy) is 1. The molecule has 1 rings (SSSR count). The second kappa shape index (κ2) is 7.49. The van der Waals surface area contributed by atoms with Gasteiger partial charge in [0.25, 0.3) is 0 Å². The molecular formula is C16H26FNO. The lowest BCUT2D eigenvalue weighted by molar-refractivity contribution is 0.400. The van der Waals surface area contributed by atoms with E-state index in [4.69, 9.17) is 4.74 Å². The molecule has 2 nitrogen and oxygen atoms in total. The van der Waals surface area contributed by atoms with E-state index in [1.807, 2.05) is 6.92 Å². The minimum atomic E-state index is -0.213. The summed E-state index contributed by atoms with van der Waals surface area (Å²) in [6, 6.07) is 5.43. The first kappa shape index (κ1) is 16.0. The minimum Gasteiger partial charge on any atom is -0.497 e. The van der Waals surface area contributed by atoms with Crippen LogP contribution in [0.2, 0.25) is 0 Å². The van der Waals surface area contributed by atoms with Crippen LogP contribution in [0.3, 0.4) is 0 Å². The Bertz CT molecular complexity index is 392. The summed E-state index contributed by atoms with van der Waals surface area (Å²) < 4.78 is 18.9. The van der Waals surface area contributed by atoms with Crippen LogP contribution in [0, 0.1) is 11.7 Å². The van der Waals surface area contributed by atoms with Crippen LogP contribution in [0.25, 0.3) is 0 Å². The van der Waals surface area contributed by atoms with E-state index in [9.17, 15) is 4.39 Å². The Morgan fingerprint density at radius 1 is 1.16 bits per heavy atom. The summed E-state index contributed by atoms with van der Waals surface area (Å²) in [4.78, 5) is 0. The maximum atomic E-state index is 13.9. The summed E-state index contributed by atoms with van der Waals surface area (Å²) in [5, 5.41) is 3.45. The molecule has 0 fully saturated rings. The third-order valence-corrected chi connectivity index (χ3v) is 3.39. The SMILES string of the molecule is COc1ccc(C(C)NC(C)CCC(C)C)c(F)c1. The van der Waals surface area contributed by atoms with Crippen molar-refractivity contribution in [1.82, 2.24) is 5.32 Å². The van der Waals surface area contributed by atoms with Gasteiger partial charge in [0.1, 0.15) is 11.6 Å². The van der Waals surface area contributed by atoms with Gasteiger partial charge in [0.15, 0.2) is 0 Å². The van der Waals surface area contributed by atoms with Gasteiger partial charge in [-0.25, -0.2) is 4.39 Å². The number of halogens is 1. The van der Waals surface area contributed by atoms with Gasteiger partial charge in [-0.15, -0.1) is 0 Å². The zero-order chi connectivity index (χ0) is 14.4. The summed E-state index contributed by atoms with van der Waals surface area (Å²) in [5.41, 5.74) is 0.692. The average molecular weight is 267 g/mol. The van der Waals surface area contributed by atoms with Crippen molar-refractivity contribution in [2.45, 2.75) is 52.6 Å². The zero-order valence-electron chi connectivity index (χ0n) is 12.7. The van der Waals surface area contributed by atoms with Crippen LogP contribution >= 0.6 is 0 Å². The van der Waals surface area contributed by atoms with Crippen LogP contribution in [0.5, 0.6) is 5.75 Å². The van der Waals surface area contributed by atoms with Crippen molar-refractivity contribution in [2.24, 2.45) is 5.92 Å². The van der Waals surface area contributed by atoms with Gasteiger partial charge in [-0.05, 0) is 38.7 Å². The molecule has 1 aromatic rings. The fourth-order valence-corrected chi connectivity index (χ4v) is 2.17. The van der Waals surface area contributed by atoms with E-state index in [2.05, 4.69) is 26.1 Å². The molecule has 1 aromatic carbocycles. The first-order valence-electron chi connectivity index (χ1n) is 7.03. The Labute approximate surface area is 116 Å². The topological polar surface area (TPSA) is 21.3 Å². The van der Waals surface area contributed by atoms with Gasteiger partial charge in [-0.1, -0.05) is 19.9 Å². The largest absolute Gasteiger partial charge is 0.497 e. The van der Waals surface area contributed by atoms with Gasteiger partial charge in [0, 0.05) is 23.7 Å². The lowest BCUT2D eigenvalue weighted by Crippen LogP contribution is -2.29. The maximum Gasteiger partial charge on any atom is 0.131 e. The minimum absolute atomic E-state index is 0.00747. The van der Waals surface area contributed by atoms with E-state index in [-0.39, 0.29) is 11.9 Å². The first-order chi connectivity index (χ1) is 8.93. The van der Waals surface area contributed by atoms with Gasteiger partial charge in [-0.2, -0.15) is 0 Å². The number of methoxy groups -OCH3 is 1. The van der Waals surface area contributed by atoms with E-state index in [1.54, 1.807) is 19.2 Å². The monoisotopic (exact) mass is 267 g/mol.